The van der Waals surface area contributed by atoms with Crippen molar-refractivity contribution in [2.75, 3.05) is 6.54 Å². The average molecular weight is 733 g/mol. The van der Waals surface area contributed by atoms with E-state index in [1.54, 1.807) is 30.9 Å². The SMILES string of the molecule is CCn1c(O[C@@H]2C[C@H]3C(=O)C[C@]4(C(=O)NS(=O)(=O)C5(C)CC5)C[C@H]4/C=C\CCCCC[C@H](Cc4ccc(F)c(C)c4)C(=O)N3C2)nc2ccccc21. The second-order valence-electron chi connectivity index (χ2n) is 15.7. The molecule has 7 rings (SSSR count). The minimum atomic E-state index is -3.91. The molecule has 12 heteroatoms. The van der Waals surface area contributed by atoms with Gasteiger partial charge >= 0.3 is 0 Å². The number of amides is 2. The van der Waals surface area contributed by atoms with Crippen LogP contribution in [0.5, 0.6) is 6.01 Å². The van der Waals surface area contributed by atoms with Crippen LogP contribution in [0.25, 0.3) is 11.0 Å². The molecule has 5 atom stereocenters. The fourth-order valence-corrected chi connectivity index (χ4v) is 9.47. The number of sulfonamides is 1. The number of fused-ring (bicyclic) bond motifs is 3. The van der Waals surface area contributed by atoms with Crippen molar-refractivity contribution in [3.8, 4) is 6.01 Å². The monoisotopic (exact) mass is 732 g/mol. The van der Waals surface area contributed by atoms with Crippen LogP contribution in [-0.4, -0.2) is 63.9 Å². The van der Waals surface area contributed by atoms with Crippen LogP contribution >= 0.6 is 0 Å². The minimum absolute atomic E-state index is 0.163. The van der Waals surface area contributed by atoms with E-state index in [1.807, 2.05) is 47.9 Å². The third-order valence-electron chi connectivity index (χ3n) is 11.9. The first-order valence-electron chi connectivity index (χ1n) is 18.8. The number of hydrogen-bond acceptors (Lipinski definition) is 7. The van der Waals surface area contributed by atoms with Gasteiger partial charge in [-0.3, -0.25) is 23.7 Å². The van der Waals surface area contributed by atoms with Crippen LogP contribution in [-0.2, 0) is 37.4 Å². The molecule has 0 radical (unpaired) electrons. The molecule has 2 saturated carbocycles. The highest BCUT2D eigenvalue weighted by Crippen LogP contribution is 2.57. The summed E-state index contributed by atoms with van der Waals surface area (Å²) in [6.45, 7) is 6.12. The Morgan fingerprint density at radius 2 is 1.90 bits per heavy atom. The molecule has 3 fully saturated rings. The first kappa shape index (κ1) is 36.3. The van der Waals surface area contributed by atoms with Gasteiger partial charge in [0, 0.05) is 25.3 Å². The molecule has 0 unspecified atom stereocenters. The van der Waals surface area contributed by atoms with E-state index in [1.165, 1.54) is 6.07 Å². The Labute approximate surface area is 305 Å². The van der Waals surface area contributed by atoms with Gasteiger partial charge in [-0.1, -0.05) is 49.3 Å². The fraction of sp³-hybridized carbons (Fsp3) is 0.550. The van der Waals surface area contributed by atoms with Gasteiger partial charge in [0.15, 0.2) is 5.78 Å². The number of allylic oxidation sites excluding steroid dienone is 2. The molecule has 1 N–H and O–H groups in total. The predicted octanol–water partition coefficient (Wildman–Crippen LogP) is 6.20. The van der Waals surface area contributed by atoms with Gasteiger partial charge in [0.1, 0.15) is 11.9 Å². The lowest BCUT2D eigenvalue weighted by atomic mass is 9.89. The number of Topliss-reactive ketones (excluding diaryl/α,β-unsaturated/α-hetero) is 1. The van der Waals surface area contributed by atoms with Gasteiger partial charge in [0.25, 0.3) is 6.01 Å². The lowest BCUT2D eigenvalue weighted by Crippen LogP contribution is -2.47. The third kappa shape index (κ3) is 7.02. The van der Waals surface area contributed by atoms with Gasteiger partial charge in [-0.05, 0) is 101 Å². The molecule has 2 aliphatic carbocycles. The number of carbonyl (C=O) groups excluding carboxylic acids is 3. The van der Waals surface area contributed by atoms with Crippen molar-refractivity contribution in [2.45, 2.75) is 115 Å². The third-order valence-corrected chi connectivity index (χ3v) is 14.0. The van der Waals surface area contributed by atoms with E-state index in [0.29, 0.717) is 50.2 Å². The summed E-state index contributed by atoms with van der Waals surface area (Å²) in [6, 6.07) is 12.2. The van der Waals surface area contributed by atoms with Crippen LogP contribution in [0.2, 0.25) is 0 Å². The smallest absolute Gasteiger partial charge is 0.297 e. The molecule has 3 heterocycles. The van der Waals surface area contributed by atoms with E-state index in [0.717, 1.165) is 42.3 Å². The number of halogens is 1. The zero-order valence-corrected chi connectivity index (χ0v) is 31.1. The number of hydrogen-bond donors (Lipinski definition) is 1. The van der Waals surface area contributed by atoms with Crippen molar-refractivity contribution >= 4 is 38.7 Å². The summed E-state index contributed by atoms with van der Waals surface area (Å²) in [6.07, 6.45) is 9.22. The number of benzene rings is 2. The van der Waals surface area contributed by atoms with Crippen molar-refractivity contribution in [3.63, 3.8) is 0 Å². The maximum absolute atomic E-state index is 14.7. The molecule has 52 heavy (non-hydrogen) atoms. The number of para-hydroxylation sites is 2. The fourth-order valence-electron chi connectivity index (χ4n) is 8.14. The Hall–Kier alpha value is -4.06. The van der Waals surface area contributed by atoms with E-state index in [9.17, 15) is 27.2 Å². The van der Waals surface area contributed by atoms with Crippen LogP contribution in [0.3, 0.4) is 0 Å². The molecule has 0 bridgehead atoms. The Balaban J connectivity index is 1.21. The van der Waals surface area contributed by atoms with E-state index in [-0.39, 0.29) is 42.8 Å². The Bertz CT molecular complexity index is 2020. The summed E-state index contributed by atoms with van der Waals surface area (Å²) < 4.78 is 50.4. The molecule has 3 aromatic rings. The standard InChI is InChI=1S/C40H49FN4O6S/c1-4-44-33-15-11-10-14-32(33)42-38(44)51-30-22-34-35(46)24-40(37(48)43-52(49,50)39(3)18-19-39)23-29(40)13-9-7-5-6-8-12-28(36(47)45(34)25-30)21-27-16-17-31(41)26(2)20-27/h9-11,13-17,20,28-30,34H,4-8,12,18-19,21-25H2,1-3H3,(H,43,48)/b13-9-/t28-,29-,30-,34+,40-/m1/s1. The molecular weight excluding hydrogens is 684 g/mol. The van der Waals surface area contributed by atoms with Crippen molar-refractivity contribution in [2.24, 2.45) is 17.3 Å². The second kappa shape index (κ2) is 14.1. The molecule has 4 aliphatic rings. The van der Waals surface area contributed by atoms with Crippen LogP contribution in [0.4, 0.5) is 4.39 Å². The van der Waals surface area contributed by atoms with Crippen LogP contribution < -0.4 is 9.46 Å². The summed E-state index contributed by atoms with van der Waals surface area (Å²) in [5.74, 6) is -2.12. The van der Waals surface area contributed by atoms with Gasteiger partial charge in [0.2, 0.25) is 21.8 Å². The van der Waals surface area contributed by atoms with Gasteiger partial charge in [-0.15, -0.1) is 0 Å². The highest BCUT2D eigenvalue weighted by molar-refractivity contribution is 7.91. The topological polar surface area (TPSA) is 128 Å². The van der Waals surface area contributed by atoms with Crippen molar-refractivity contribution in [1.82, 2.24) is 19.2 Å². The van der Waals surface area contributed by atoms with Gasteiger partial charge in [0.05, 0.1) is 33.8 Å². The molecule has 1 saturated heterocycles. The number of aryl methyl sites for hydroxylation is 2. The van der Waals surface area contributed by atoms with Gasteiger partial charge in [-0.2, -0.15) is 4.98 Å². The largest absolute Gasteiger partial charge is 0.459 e. The summed E-state index contributed by atoms with van der Waals surface area (Å²) in [7, 11) is -3.91. The summed E-state index contributed by atoms with van der Waals surface area (Å²) in [4.78, 5) is 49.5. The lowest BCUT2D eigenvalue weighted by molar-refractivity contribution is -0.142. The van der Waals surface area contributed by atoms with Gasteiger partial charge in [-0.25, -0.2) is 12.8 Å². The van der Waals surface area contributed by atoms with Crippen molar-refractivity contribution in [1.29, 1.82) is 0 Å². The van der Waals surface area contributed by atoms with Crippen LogP contribution in [0.1, 0.15) is 89.2 Å². The summed E-state index contributed by atoms with van der Waals surface area (Å²) >= 11 is 0. The predicted molar refractivity (Wildman–Crippen MR) is 195 cm³/mol. The zero-order valence-electron chi connectivity index (χ0n) is 30.3. The van der Waals surface area contributed by atoms with Crippen molar-refractivity contribution in [3.05, 3.63) is 71.6 Å². The molecule has 10 nitrogen and oxygen atoms in total. The number of nitrogens with zero attached hydrogens (tertiary/aromatic N) is 3. The molecule has 2 aromatic carbocycles. The number of carbonyl (C=O) groups is 3. The summed E-state index contributed by atoms with van der Waals surface area (Å²) in [5.41, 5.74) is 1.86. The Morgan fingerprint density at radius 3 is 2.65 bits per heavy atom. The highest BCUT2D eigenvalue weighted by Gasteiger charge is 2.62. The Kier molecular flexibility index (Phi) is 9.82. The first-order chi connectivity index (χ1) is 24.8. The summed E-state index contributed by atoms with van der Waals surface area (Å²) in [5, 5.41) is 0. The molecule has 1 aromatic heterocycles. The molecule has 2 amide bonds. The van der Waals surface area contributed by atoms with Gasteiger partial charge < -0.3 is 9.64 Å². The number of ketones is 1. The average Bonchev–Trinajstić information content (AvgIpc) is 3.94. The molecule has 278 valence electrons. The van der Waals surface area contributed by atoms with E-state index < -0.39 is 44.2 Å². The Morgan fingerprint density at radius 1 is 1.12 bits per heavy atom. The van der Waals surface area contributed by atoms with E-state index in [4.69, 9.17) is 9.72 Å². The number of imidazole rings is 1. The first-order valence-corrected chi connectivity index (χ1v) is 20.3. The second-order valence-corrected chi connectivity index (χ2v) is 17.9. The quantitative estimate of drug-likeness (QED) is 0.274. The molecular formula is C40H49FN4O6S. The van der Waals surface area contributed by atoms with Crippen molar-refractivity contribution < 1.29 is 31.9 Å². The van der Waals surface area contributed by atoms with Crippen LogP contribution in [0, 0.1) is 30.0 Å². The molecule has 0 spiro atoms. The zero-order chi connectivity index (χ0) is 36.8. The normalized spacial score (nSPS) is 28.3. The molecule has 2 aliphatic heterocycles. The lowest BCUT2D eigenvalue weighted by Gasteiger charge is -2.29. The highest BCUT2D eigenvalue weighted by atomic mass is 32.2. The number of nitrogens with one attached hydrogen (secondary N) is 1. The maximum atomic E-state index is 14.7. The number of ether oxygens (including phenoxy) is 1. The van der Waals surface area contributed by atoms with E-state index in [2.05, 4.69) is 4.72 Å². The number of aromatic nitrogens is 2. The maximum Gasteiger partial charge on any atom is 0.297 e. The number of rotatable bonds is 8. The van der Waals surface area contributed by atoms with E-state index >= 15 is 0 Å². The minimum Gasteiger partial charge on any atom is -0.459 e. The van der Waals surface area contributed by atoms with Crippen LogP contribution in [0.15, 0.2) is 54.6 Å².